The number of fused-ring (bicyclic) bond motifs is 1. The number of nitrogens with one attached hydrogen (secondary N) is 1. The Labute approximate surface area is 103 Å². The fourth-order valence-corrected chi connectivity index (χ4v) is 2.35. The van der Waals surface area contributed by atoms with Crippen LogP contribution in [0.15, 0.2) is 6.33 Å². The van der Waals surface area contributed by atoms with Gasteiger partial charge in [0.05, 0.1) is 19.4 Å². The summed E-state index contributed by atoms with van der Waals surface area (Å²) in [5.41, 5.74) is 6.39. The average Bonchev–Trinajstić information content (AvgIpc) is 2.93. The molecular formula is C10H15N5O3. The quantitative estimate of drug-likeness (QED) is 0.514. The first-order valence-electron chi connectivity index (χ1n) is 5.76. The van der Waals surface area contributed by atoms with Crippen molar-refractivity contribution in [3.05, 3.63) is 6.33 Å². The molecule has 18 heavy (non-hydrogen) atoms. The third kappa shape index (κ3) is 1.65. The van der Waals surface area contributed by atoms with Gasteiger partial charge in [0, 0.05) is 6.42 Å². The molecule has 0 amide bonds. The first kappa shape index (κ1) is 11.5. The van der Waals surface area contributed by atoms with E-state index in [9.17, 15) is 5.11 Å². The Morgan fingerprint density at radius 3 is 3.11 bits per heavy atom. The molecule has 5 N–H and O–H groups in total. The zero-order valence-corrected chi connectivity index (χ0v) is 9.65. The van der Waals surface area contributed by atoms with E-state index in [0.29, 0.717) is 30.4 Å². The van der Waals surface area contributed by atoms with Gasteiger partial charge in [-0.05, 0) is 0 Å². The van der Waals surface area contributed by atoms with Crippen molar-refractivity contribution in [3.8, 4) is 0 Å². The number of hydrogen-bond acceptors (Lipinski definition) is 8. The van der Waals surface area contributed by atoms with Crippen molar-refractivity contribution < 1.29 is 14.9 Å². The molecule has 1 aromatic heterocycles. The predicted molar refractivity (Wildman–Crippen MR) is 63.8 cm³/mol. The fraction of sp³-hybridized carbons (Fsp3) is 0.600. The predicted octanol–water partition coefficient (Wildman–Crippen LogP) is -1.28. The maximum Gasteiger partial charge on any atom is 0.161 e. The Bertz CT molecular complexity index is 457. The van der Waals surface area contributed by atoms with Gasteiger partial charge in [-0.25, -0.2) is 9.97 Å². The molecule has 0 aromatic carbocycles. The minimum atomic E-state index is -0.661. The third-order valence-corrected chi connectivity index (χ3v) is 3.23. The standard InChI is InChI=1S/C10H15N5O3/c11-8-7-9(13-3-12-8)15(4-14-7)10-6(17)1-5(2-16)18-10/h3,5-6,10,14,16-17H,1-2,4H2,(H2,11,12,13)/t5-,6+,10+/m0/s1. The molecule has 0 unspecified atom stereocenters. The number of nitrogens with two attached hydrogens (primary N) is 1. The summed E-state index contributed by atoms with van der Waals surface area (Å²) in [6, 6.07) is 0. The molecule has 8 nitrogen and oxygen atoms in total. The molecule has 2 aliphatic rings. The second kappa shape index (κ2) is 4.23. The topological polar surface area (TPSA) is 117 Å². The van der Waals surface area contributed by atoms with E-state index in [-0.39, 0.29) is 12.7 Å². The lowest BCUT2D eigenvalue weighted by Crippen LogP contribution is -2.42. The maximum absolute atomic E-state index is 9.97. The first-order chi connectivity index (χ1) is 8.70. The highest BCUT2D eigenvalue weighted by atomic mass is 16.5. The van der Waals surface area contributed by atoms with Gasteiger partial charge in [-0.15, -0.1) is 0 Å². The molecule has 2 aliphatic heterocycles. The number of nitrogens with zero attached hydrogens (tertiary/aromatic N) is 3. The lowest BCUT2D eigenvalue weighted by atomic mass is 10.2. The van der Waals surface area contributed by atoms with Crippen LogP contribution in [0.1, 0.15) is 6.42 Å². The first-order valence-corrected chi connectivity index (χ1v) is 5.76. The van der Waals surface area contributed by atoms with Crippen LogP contribution in [-0.2, 0) is 4.74 Å². The minimum Gasteiger partial charge on any atom is -0.394 e. The zero-order chi connectivity index (χ0) is 12.7. The second-order valence-electron chi connectivity index (χ2n) is 4.40. The molecule has 1 saturated heterocycles. The molecule has 0 saturated carbocycles. The number of nitrogen functional groups attached to an aromatic ring is 1. The van der Waals surface area contributed by atoms with E-state index in [0.717, 1.165) is 0 Å². The number of aromatic nitrogens is 2. The van der Waals surface area contributed by atoms with Gasteiger partial charge in [0.2, 0.25) is 0 Å². The smallest absolute Gasteiger partial charge is 0.161 e. The Morgan fingerprint density at radius 2 is 2.39 bits per heavy atom. The molecule has 0 bridgehead atoms. The summed E-state index contributed by atoms with van der Waals surface area (Å²) in [7, 11) is 0. The summed E-state index contributed by atoms with van der Waals surface area (Å²) in [6.45, 7) is 0.339. The summed E-state index contributed by atoms with van der Waals surface area (Å²) in [4.78, 5) is 9.83. The van der Waals surface area contributed by atoms with Crippen LogP contribution in [0.4, 0.5) is 17.3 Å². The van der Waals surface area contributed by atoms with Crippen molar-refractivity contribution >= 4 is 17.3 Å². The van der Waals surface area contributed by atoms with Gasteiger partial charge >= 0.3 is 0 Å². The number of aliphatic hydroxyl groups is 2. The molecule has 3 atom stereocenters. The van der Waals surface area contributed by atoms with Crippen LogP contribution in [0, 0.1) is 0 Å². The van der Waals surface area contributed by atoms with E-state index in [1.54, 1.807) is 4.90 Å². The Balaban J connectivity index is 1.86. The Hall–Kier alpha value is -1.64. The summed E-state index contributed by atoms with van der Waals surface area (Å²) >= 11 is 0. The molecule has 0 spiro atoms. The van der Waals surface area contributed by atoms with Crippen LogP contribution >= 0.6 is 0 Å². The SMILES string of the molecule is Nc1ncnc2c1NCN2[C@@H]1O[C@H](CO)C[C@H]1O. The van der Waals surface area contributed by atoms with Gasteiger partial charge in [-0.3, -0.25) is 0 Å². The van der Waals surface area contributed by atoms with Crippen molar-refractivity contribution in [2.45, 2.75) is 24.9 Å². The lowest BCUT2D eigenvalue weighted by Gasteiger charge is -2.26. The van der Waals surface area contributed by atoms with E-state index >= 15 is 0 Å². The third-order valence-electron chi connectivity index (χ3n) is 3.23. The molecule has 1 fully saturated rings. The van der Waals surface area contributed by atoms with Gasteiger partial charge in [0.15, 0.2) is 17.9 Å². The molecule has 3 rings (SSSR count). The van der Waals surface area contributed by atoms with Crippen molar-refractivity contribution in [3.63, 3.8) is 0 Å². The maximum atomic E-state index is 9.97. The van der Waals surface area contributed by atoms with Crippen LogP contribution in [0.2, 0.25) is 0 Å². The summed E-state index contributed by atoms with van der Waals surface area (Å²) in [5.74, 6) is 0.985. The van der Waals surface area contributed by atoms with Gasteiger partial charge in [-0.2, -0.15) is 0 Å². The number of anilines is 3. The van der Waals surface area contributed by atoms with E-state index in [1.807, 2.05) is 0 Å². The Morgan fingerprint density at radius 1 is 1.56 bits per heavy atom. The lowest BCUT2D eigenvalue weighted by molar-refractivity contribution is -0.00961. The van der Waals surface area contributed by atoms with Crippen LogP contribution in [0.5, 0.6) is 0 Å². The van der Waals surface area contributed by atoms with E-state index in [4.69, 9.17) is 15.6 Å². The summed E-state index contributed by atoms with van der Waals surface area (Å²) in [5, 5.41) is 22.1. The molecule has 3 heterocycles. The van der Waals surface area contributed by atoms with Crippen LogP contribution in [-0.4, -0.2) is 51.9 Å². The van der Waals surface area contributed by atoms with Crippen molar-refractivity contribution in [2.75, 3.05) is 29.2 Å². The normalized spacial score (nSPS) is 30.3. The van der Waals surface area contributed by atoms with E-state index in [1.165, 1.54) is 6.33 Å². The van der Waals surface area contributed by atoms with Crippen molar-refractivity contribution in [1.29, 1.82) is 0 Å². The van der Waals surface area contributed by atoms with E-state index < -0.39 is 12.3 Å². The molecule has 0 radical (unpaired) electrons. The van der Waals surface area contributed by atoms with Crippen LogP contribution in [0.25, 0.3) is 0 Å². The molecular weight excluding hydrogens is 238 g/mol. The summed E-state index contributed by atoms with van der Waals surface area (Å²) < 4.78 is 5.59. The minimum absolute atomic E-state index is 0.104. The number of aliphatic hydroxyl groups excluding tert-OH is 2. The van der Waals surface area contributed by atoms with Crippen LogP contribution in [0.3, 0.4) is 0 Å². The van der Waals surface area contributed by atoms with Gasteiger partial charge < -0.3 is 30.9 Å². The molecule has 1 aromatic rings. The van der Waals surface area contributed by atoms with Crippen LogP contribution < -0.4 is 16.0 Å². The monoisotopic (exact) mass is 253 g/mol. The molecule has 0 aliphatic carbocycles. The average molecular weight is 253 g/mol. The second-order valence-corrected chi connectivity index (χ2v) is 4.40. The van der Waals surface area contributed by atoms with Crippen molar-refractivity contribution in [2.24, 2.45) is 0 Å². The molecule has 8 heteroatoms. The van der Waals surface area contributed by atoms with Crippen molar-refractivity contribution in [1.82, 2.24) is 9.97 Å². The highest BCUT2D eigenvalue weighted by Gasteiger charge is 2.41. The van der Waals surface area contributed by atoms with E-state index in [2.05, 4.69) is 15.3 Å². The molecule has 98 valence electrons. The number of rotatable bonds is 2. The number of hydrogen-bond donors (Lipinski definition) is 4. The zero-order valence-electron chi connectivity index (χ0n) is 9.65. The van der Waals surface area contributed by atoms with Gasteiger partial charge in [-0.1, -0.05) is 0 Å². The Kier molecular flexibility index (Phi) is 2.69. The highest BCUT2D eigenvalue weighted by Crippen LogP contribution is 2.36. The number of ether oxygens (including phenoxy) is 1. The van der Waals surface area contributed by atoms with Gasteiger partial charge in [0.1, 0.15) is 18.1 Å². The fourth-order valence-electron chi connectivity index (χ4n) is 2.35. The summed E-state index contributed by atoms with van der Waals surface area (Å²) in [6.07, 6.45) is 0.261. The largest absolute Gasteiger partial charge is 0.394 e. The highest BCUT2D eigenvalue weighted by molar-refractivity contribution is 5.80. The van der Waals surface area contributed by atoms with Gasteiger partial charge in [0.25, 0.3) is 0 Å².